The minimum atomic E-state index is -0.247. The van der Waals surface area contributed by atoms with Gasteiger partial charge in [-0.15, -0.1) is 11.3 Å². The molecule has 1 aromatic carbocycles. The number of aromatic nitrogens is 3. The van der Waals surface area contributed by atoms with Crippen LogP contribution in [0.15, 0.2) is 36.7 Å². The van der Waals surface area contributed by atoms with Gasteiger partial charge in [0.25, 0.3) is 5.91 Å². The lowest BCUT2D eigenvalue weighted by molar-refractivity contribution is 0.0944. The highest BCUT2D eigenvalue weighted by Crippen LogP contribution is 2.29. The predicted molar refractivity (Wildman–Crippen MR) is 89.5 cm³/mol. The number of nitrogens with one attached hydrogen (secondary N) is 1. The molecular weight excluding hydrogens is 312 g/mol. The summed E-state index contributed by atoms with van der Waals surface area (Å²) >= 11 is 1.50. The normalized spacial score (nSPS) is 10.8. The Morgan fingerprint density at radius 3 is 2.91 bits per heavy atom. The van der Waals surface area contributed by atoms with Crippen molar-refractivity contribution in [3.8, 4) is 10.7 Å². The van der Waals surface area contributed by atoms with E-state index in [-0.39, 0.29) is 5.91 Å². The summed E-state index contributed by atoms with van der Waals surface area (Å²) < 4.78 is 6.02. The second-order valence-corrected chi connectivity index (χ2v) is 5.87. The molecule has 0 aliphatic carbocycles. The van der Waals surface area contributed by atoms with Crippen molar-refractivity contribution in [3.63, 3.8) is 0 Å². The maximum absolute atomic E-state index is 12.3. The van der Waals surface area contributed by atoms with Crippen LogP contribution >= 0.6 is 11.3 Å². The number of para-hydroxylation sites is 1. The van der Waals surface area contributed by atoms with Crippen LogP contribution in [0.1, 0.15) is 16.9 Å². The van der Waals surface area contributed by atoms with Crippen molar-refractivity contribution in [2.75, 3.05) is 20.3 Å². The fraction of sp³-hybridized carbons (Fsp3) is 0.250. The van der Waals surface area contributed by atoms with Crippen LogP contribution in [0.25, 0.3) is 20.9 Å². The average Bonchev–Trinajstić information content (AvgIpc) is 3.02. The molecular formula is C16H16N4O2S. The van der Waals surface area contributed by atoms with Crippen molar-refractivity contribution in [2.24, 2.45) is 0 Å². The number of carbonyl (C=O) groups excluding carboxylic acids is 1. The Balaban J connectivity index is 1.86. The number of hydrogen-bond acceptors (Lipinski definition) is 6. The molecule has 7 heteroatoms. The maximum Gasteiger partial charge on any atom is 0.272 e. The van der Waals surface area contributed by atoms with Crippen LogP contribution in [-0.2, 0) is 4.74 Å². The lowest BCUT2D eigenvalue weighted by Crippen LogP contribution is -2.27. The number of hydrogen-bond donors (Lipinski definition) is 1. The van der Waals surface area contributed by atoms with Gasteiger partial charge >= 0.3 is 0 Å². The number of carbonyl (C=O) groups is 1. The summed E-state index contributed by atoms with van der Waals surface area (Å²) in [5.74, 6) is -0.247. The van der Waals surface area contributed by atoms with Gasteiger partial charge in [-0.1, -0.05) is 12.1 Å². The number of methoxy groups -OCH3 is 1. The summed E-state index contributed by atoms with van der Waals surface area (Å²) in [6.07, 6.45) is 3.84. The number of benzene rings is 1. The Labute approximate surface area is 137 Å². The minimum Gasteiger partial charge on any atom is -0.385 e. The largest absolute Gasteiger partial charge is 0.385 e. The molecule has 2 heterocycles. The van der Waals surface area contributed by atoms with Crippen LogP contribution in [0, 0.1) is 0 Å². The molecule has 0 atom stereocenters. The molecule has 23 heavy (non-hydrogen) atoms. The molecule has 118 valence electrons. The molecule has 0 radical (unpaired) electrons. The number of amides is 1. The smallest absolute Gasteiger partial charge is 0.272 e. The molecule has 3 rings (SSSR count). The number of rotatable bonds is 6. The van der Waals surface area contributed by atoms with Crippen LogP contribution in [0.5, 0.6) is 0 Å². The monoisotopic (exact) mass is 328 g/mol. The first-order chi connectivity index (χ1) is 11.3. The van der Waals surface area contributed by atoms with Gasteiger partial charge in [0.05, 0.1) is 10.2 Å². The van der Waals surface area contributed by atoms with Gasteiger partial charge in [0.15, 0.2) is 5.69 Å². The molecule has 0 spiro atoms. The fourth-order valence-corrected chi connectivity index (χ4v) is 3.10. The van der Waals surface area contributed by atoms with E-state index in [9.17, 15) is 4.79 Å². The van der Waals surface area contributed by atoms with Gasteiger partial charge < -0.3 is 10.1 Å². The van der Waals surface area contributed by atoms with E-state index in [1.807, 2.05) is 24.3 Å². The van der Waals surface area contributed by atoms with Crippen molar-refractivity contribution in [1.29, 1.82) is 0 Å². The van der Waals surface area contributed by atoms with Crippen molar-refractivity contribution in [2.45, 2.75) is 6.42 Å². The van der Waals surface area contributed by atoms with Crippen LogP contribution in [0.2, 0.25) is 0 Å². The maximum atomic E-state index is 12.3. The molecule has 0 aliphatic rings. The zero-order valence-corrected chi connectivity index (χ0v) is 13.5. The zero-order chi connectivity index (χ0) is 16.1. The predicted octanol–water partition coefficient (Wildman–Crippen LogP) is 2.52. The number of thiazole rings is 1. The Hall–Kier alpha value is -2.38. The van der Waals surface area contributed by atoms with Gasteiger partial charge in [-0.2, -0.15) is 0 Å². The first-order valence-corrected chi connectivity index (χ1v) is 8.05. The van der Waals surface area contributed by atoms with E-state index in [2.05, 4.69) is 20.3 Å². The van der Waals surface area contributed by atoms with E-state index in [0.29, 0.717) is 29.5 Å². The standard InChI is InChI=1S/C16H16N4O2S/c1-22-10-4-7-19-15(21)13-14(18-9-8-17-13)16-20-11-5-2-3-6-12(11)23-16/h2-3,5-6,8-9H,4,7,10H2,1H3,(H,19,21). The highest BCUT2D eigenvalue weighted by Gasteiger charge is 2.18. The van der Waals surface area contributed by atoms with E-state index in [0.717, 1.165) is 16.6 Å². The summed E-state index contributed by atoms with van der Waals surface area (Å²) in [6.45, 7) is 1.13. The third kappa shape index (κ3) is 3.52. The lowest BCUT2D eigenvalue weighted by atomic mass is 10.3. The Morgan fingerprint density at radius 2 is 2.09 bits per heavy atom. The molecule has 0 aliphatic heterocycles. The van der Waals surface area contributed by atoms with E-state index in [4.69, 9.17) is 4.74 Å². The summed E-state index contributed by atoms with van der Waals surface area (Å²) in [7, 11) is 1.63. The van der Waals surface area contributed by atoms with Crippen LogP contribution in [-0.4, -0.2) is 41.1 Å². The highest BCUT2D eigenvalue weighted by atomic mass is 32.1. The van der Waals surface area contributed by atoms with Crippen molar-refractivity contribution in [1.82, 2.24) is 20.3 Å². The SMILES string of the molecule is COCCCNC(=O)c1nccnc1-c1nc2ccccc2s1. The number of nitrogens with zero attached hydrogens (tertiary/aromatic N) is 3. The molecule has 0 unspecified atom stereocenters. The molecule has 0 fully saturated rings. The van der Waals surface area contributed by atoms with E-state index >= 15 is 0 Å². The average molecular weight is 328 g/mol. The van der Waals surface area contributed by atoms with Crippen LogP contribution in [0.3, 0.4) is 0 Å². The second kappa shape index (κ2) is 7.26. The van der Waals surface area contributed by atoms with Gasteiger partial charge in [0, 0.05) is 32.7 Å². The molecule has 6 nitrogen and oxygen atoms in total. The molecule has 0 saturated heterocycles. The Morgan fingerprint density at radius 1 is 1.26 bits per heavy atom. The van der Waals surface area contributed by atoms with Gasteiger partial charge in [-0.25, -0.2) is 15.0 Å². The van der Waals surface area contributed by atoms with Crippen molar-refractivity contribution >= 4 is 27.5 Å². The van der Waals surface area contributed by atoms with Crippen LogP contribution in [0.4, 0.5) is 0 Å². The summed E-state index contributed by atoms with van der Waals surface area (Å²) in [5, 5.41) is 3.53. The van der Waals surface area contributed by atoms with E-state index < -0.39 is 0 Å². The third-order valence-electron chi connectivity index (χ3n) is 3.22. The number of ether oxygens (including phenoxy) is 1. The third-order valence-corrected chi connectivity index (χ3v) is 4.26. The first-order valence-electron chi connectivity index (χ1n) is 7.23. The quantitative estimate of drug-likeness (QED) is 0.704. The fourth-order valence-electron chi connectivity index (χ4n) is 2.14. The zero-order valence-electron chi connectivity index (χ0n) is 12.7. The highest BCUT2D eigenvalue weighted by molar-refractivity contribution is 7.21. The van der Waals surface area contributed by atoms with Gasteiger partial charge in [-0.3, -0.25) is 4.79 Å². The number of fused-ring (bicyclic) bond motifs is 1. The Bertz CT molecular complexity index is 785. The second-order valence-electron chi connectivity index (χ2n) is 4.84. The summed E-state index contributed by atoms with van der Waals surface area (Å²) in [5.41, 5.74) is 1.70. The molecule has 0 bridgehead atoms. The van der Waals surface area contributed by atoms with E-state index in [1.54, 1.807) is 13.3 Å². The molecule has 0 saturated carbocycles. The topological polar surface area (TPSA) is 77.0 Å². The molecule has 3 aromatic rings. The molecule has 1 N–H and O–H groups in total. The van der Waals surface area contributed by atoms with Crippen molar-refractivity contribution < 1.29 is 9.53 Å². The summed E-state index contributed by atoms with van der Waals surface area (Å²) in [6, 6.07) is 7.84. The summed E-state index contributed by atoms with van der Waals surface area (Å²) in [4.78, 5) is 25.4. The first kappa shape index (κ1) is 15.5. The lowest BCUT2D eigenvalue weighted by Gasteiger charge is -2.06. The van der Waals surface area contributed by atoms with Gasteiger partial charge in [-0.05, 0) is 18.6 Å². The Kier molecular flexibility index (Phi) is 4.89. The van der Waals surface area contributed by atoms with Crippen LogP contribution < -0.4 is 5.32 Å². The van der Waals surface area contributed by atoms with E-state index in [1.165, 1.54) is 17.5 Å². The van der Waals surface area contributed by atoms with Crippen molar-refractivity contribution in [3.05, 3.63) is 42.4 Å². The van der Waals surface area contributed by atoms with Gasteiger partial charge in [0.2, 0.25) is 0 Å². The minimum absolute atomic E-state index is 0.247. The van der Waals surface area contributed by atoms with Gasteiger partial charge in [0.1, 0.15) is 10.7 Å². The molecule has 1 amide bonds. The molecule has 2 aromatic heterocycles.